The Labute approximate surface area is 153 Å². The van der Waals surface area contributed by atoms with E-state index < -0.39 is 0 Å². The maximum Gasteiger partial charge on any atom is 0.254 e. The van der Waals surface area contributed by atoms with Crippen LogP contribution in [0.25, 0.3) is 0 Å². The molecule has 2 aromatic carbocycles. The molecule has 0 unspecified atom stereocenters. The fourth-order valence-electron chi connectivity index (χ4n) is 4.55. The fourth-order valence-corrected chi connectivity index (χ4v) is 4.55. The number of benzene rings is 2. The molecule has 0 radical (unpaired) electrons. The largest absolute Gasteiger partial charge is 0.508 e. The summed E-state index contributed by atoms with van der Waals surface area (Å²) in [6.07, 6.45) is 0. The molecule has 26 heavy (non-hydrogen) atoms. The van der Waals surface area contributed by atoms with Crippen molar-refractivity contribution in [3.8, 4) is 11.5 Å². The van der Waals surface area contributed by atoms with E-state index in [2.05, 4.69) is 24.1 Å². The van der Waals surface area contributed by atoms with Gasteiger partial charge in [-0.2, -0.15) is 0 Å². The van der Waals surface area contributed by atoms with Crippen LogP contribution in [0.5, 0.6) is 11.5 Å². The summed E-state index contributed by atoms with van der Waals surface area (Å²) in [6, 6.07) is 15.2. The van der Waals surface area contributed by atoms with Gasteiger partial charge in [0.1, 0.15) is 11.5 Å². The highest BCUT2D eigenvalue weighted by molar-refractivity contribution is 5.94. The lowest BCUT2D eigenvalue weighted by molar-refractivity contribution is 0.0767. The number of fused-ring (bicyclic) bond motifs is 1. The van der Waals surface area contributed by atoms with E-state index in [0.29, 0.717) is 23.4 Å². The zero-order valence-electron chi connectivity index (χ0n) is 15.1. The average Bonchev–Trinajstić information content (AvgIpc) is 3.18. The van der Waals surface area contributed by atoms with Gasteiger partial charge >= 0.3 is 0 Å². The van der Waals surface area contributed by atoms with Gasteiger partial charge in [0.2, 0.25) is 0 Å². The van der Waals surface area contributed by atoms with Gasteiger partial charge < -0.3 is 14.7 Å². The smallest absolute Gasteiger partial charge is 0.254 e. The van der Waals surface area contributed by atoms with E-state index in [9.17, 15) is 9.90 Å². The number of amides is 1. The third kappa shape index (κ3) is 2.92. The Hall–Kier alpha value is -2.53. The monoisotopic (exact) mass is 352 g/mol. The standard InChI is InChI=1S/C21H24N2O3/c1-22-11-16-12-23(21(25)15-4-3-5-17(24)10-15)13-19(16)20(22)14-6-8-18(26-2)9-7-14/h3-10,16,19-20,24H,11-13H2,1-2H3/t16-,19+,20-/m0/s1. The SMILES string of the molecule is COc1ccc([C@H]2[C@@H]3CN(C(=O)c4cccc(O)c4)C[C@@H]3CN2C)cc1. The van der Waals surface area contributed by atoms with E-state index in [-0.39, 0.29) is 11.7 Å². The van der Waals surface area contributed by atoms with Crippen molar-refractivity contribution in [1.82, 2.24) is 9.80 Å². The average molecular weight is 352 g/mol. The van der Waals surface area contributed by atoms with Gasteiger partial charge in [0.25, 0.3) is 5.91 Å². The second kappa shape index (κ2) is 6.65. The van der Waals surface area contributed by atoms with E-state index >= 15 is 0 Å². The summed E-state index contributed by atoms with van der Waals surface area (Å²) in [5.41, 5.74) is 1.83. The first-order chi connectivity index (χ1) is 12.6. The van der Waals surface area contributed by atoms with Crippen LogP contribution in [0.1, 0.15) is 22.0 Å². The van der Waals surface area contributed by atoms with Crippen molar-refractivity contribution < 1.29 is 14.6 Å². The van der Waals surface area contributed by atoms with E-state index in [4.69, 9.17) is 4.74 Å². The number of methoxy groups -OCH3 is 1. The minimum Gasteiger partial charge on any atom is -0.508 e. The number of hydrogen-bond acceptors (Lipinski definition) is 4. The molecule has 3 atom stereocenters. The Morgan fingerprint density at radius 1 is 1.12 bits per heavy atom. The van der Waals surface area contributed by atoms with Crippen LogP contribution in [0.2, 0.25) is 0 Å². The Kier molecular flexibility index (Phi) is 4.32. The molecule has 2 aromatic rings. The Morgan fingerprint density at radius 3 is 2.58 bits per heavy atom. The molecule has 4 rings (SSSR count). The number of carbonyl (C=O) groups excluding carboxylic acids is 1. The van der Waals surface area contributed by atoms with Crippen LogP contribution in [0.4, 0.5) is 0 Å². The maximum atomic E-state index is 12.8. The van der Waals surface area contributed by atoms with E-state index in [1.165, 1.54) is 5.56 Å². The Morgan fingerprint density at radius 2 is 1.88 bits per heavy atom. The zero-order valence-corrected chi connectivity index (χ0v) is 15.1. The first kappa shape index (κ1) is 16.9. The predicted octanol–water partition coefficient (Wildman–Crippen LogP) is 2.78. The third-order valence-electron chi connectivity index (χ3n) is 5.73. The summed E-state index contributed by atoms with van der Waals surface area (Å²) in [7, 11) is 3.84. The Balaban J connectivity index is 1.53. The molecule has 2 fully saturated rings. The molecule has 5 heteroatoms. The van der Waals surface area contributed by atoms with Crippen LogP contribution in [0, 0.1) is 11.8 Å². The highest BCUT2D eigenvalue weighted by atomic mass is 16.5. The molecule has 2 saturated heterocycles. The third-order valence-corrected chi connectivity index (χ3v) is 5.73. The number of phenolic OH excluding ortho intramolecular Hbond substituents is 1. The predicted molar refractivity (Wildman–Crippen MR) is 99.4 cm³/mol. The summed E-state index contributed by atoms with van der Waals surface area (Å²) in [6.45, 7) is 2.52. The zero-order chi connectivity index (χ0) is 18.3. The number of hydrogen-bond donors (Lipinski definition) is 1. The summed E-state index contributed by atoms with van der Waals surface area (Å²) in [5.74, 6) is 1.90. The number of ether oxygens (including phenoxy) is 1. The second-order valence-corrected chi connectivity index (χ2v) is 7.34. The van der Waals surface area contributed by atoms with Crippen molar-refractivity contribution in [2.24, 2.45) is 11.8 Å². The quantitative estimate of drug-likeness (QED) is 0.923. The van der Waals surface area contributed by atoms with Gasteiger partial charge in [0, 0.05) is 37.2 Å². The summed E-state index contributed by atoms with van der Waals surface area (Å²) >= 11 is 0. The van der Waals surface area contributed by atoms with Gasteiger partial charge in [-0.1, -0.05) is 18.2 Å². The van der Waals surface area contributed by atoms with Gasteiger partial charge in [-0.3, -0.25) is 9.69 Å². The van der Waals surface area contributed by atoms with Gasteiger partial charge in [0.05, 0.1) is 7.11 Å². The van der Waals surface area contributed by atoms with Crippen molar-refractivity contribution in [3.63, 3.8) is 0 Å². The molecular weight excluding hydrogens is 328 g/mol. The van der Waals surface area contributed by atoms with Crippen LogP contribution in [0.15, 0.2) is 48.5 Å². The molecular formula is C21H24N2O3. The van der Waals surface area contributed by atoms with Gasteiger partial charge in [-0.25, -0.2) is 0 Å². The highest BCUT2D eigenvalue weighted by Gasteiger charge is 2.47. The van der Waals surface area contributed by atoms with Crippen LogP contribution in [-0.2, 0) is 0 Å². The number of rotatable bonds is 3. The van der Waals surface area contributed by atoms with Crippen molar-refractivity contribution in [1.29, 1.82) is 0 Å². The molecule has 5 nitrogen and oxygen atoms in total. The fraction of sp³-hybridized carbons (Fsp3) is 0.381. The summed E-state index contributed by atoms with van der Waals surface area (Å²) in [4.78, 5) is 17.2. The van der Waals surface area contributed by atoms with Crippen LogP contribution in [-0.4, -0.2) is 54.6 Å². The maximum absolute atomic E-state index is 12.8. The molecule has 2 heterocycles. The van der Waals surface area contributed by atoms with Crippen LogP contribution >= 0.6 is 0 Å². The number of nitrogens with zero attached hydrogens (tertiary/aromatic N) is 2. The normalized spacial score (nSPS) is 25.3. The molecule has 1 N–H and O–H groups in total. The van der Waals surface area contributed by atoms with Crippen LogP contribution in [0.3, 0.4) is 0 Å². The molecule has 1 amide bonds. The lowest BCUT2D eigenvalue weighted by Gasteiger charge is -2.27. The molecule has 2 aliphatic rings. The van der Waals surface area contributed by atoms with E-state index in [1.54, 1.807) is 31.4 Å². The van der Waals surface area contributed by atoms with Crippen molar-refractivity contribution >= 4 is 5.91 Å². The molecule has 0 spiro atoms. The molecule has 136 valence electrons. The lowest BCUT2D eigenvalue weighted by atomic mass is 9.89. The first-order valence-electron chi connectivity index (χ1n) is 8.99. The number of likely N-dealkylation sites (tertiary alicyclic amines) is 2. The molecule has 2 aliphatic heterocycles. The Bertz CT molecular complexity index is 805. The molecule has 0 aromatic heterocycles. The van der Waals surface area contributed by atoms with Gasteiger partial charge in [-0.05, 0) is 48.9 Å². The van der Waals surface area contributed by atoms with Crippen LogP contribution < -0.4 is 4.74 Å². The van der Waals surface area contributed by atoms with Gasteiger partial charge in [-0.15, -0.1) is 0 Å². The van der Waals surface area contributed by atoms with E-state index in [0.717, 1.165) is 25.4 Å². The van der Waals surface area contributed by atoms with Crippen molar-refractivity contribution in [2.75, 3.05) is 33.8 Å². The summed E-state index contributed by atoms with van der Waals surface area (Å²) < 4.78 is 5.27. The number of phenols is 1. The minimum absolute atomic E-state index is 0.00596. The number of carbonyl (C=O) groups is 1. The van der Waals surface area contributed by atoms with Crippen molar-refractivity contribution in [3.05, 3.63) is 59.7 Å². The topological polar surface area (TPSA) is 53.0 Å². The highest BCUT2D eigenvalue weighted by Crippen LogP contribution is 2.44. The van der Waals surface area contributed by atoms with Crippen molar-refractivity contribution in [2.45, 2.75) is 6.04 Å². The van der Waals surface area contributed by atoms with Gasteiger partial charge in [0.15, 0.2) is 0 Å². The number of aromatic hydroxyl groups is 1. The summed E-state index contributed by atoms with van der Waals surface area (Å²) in [5, 5.41) is 9.65. The molecule has 0 saturated carbocycles. The second-order valence-electron chi connectivity index (χ2n) is 7.34. The first-order valence-corrected chi connectivity index (χ1v) is 8.99. The molecule has 0 bridgehead atoms. The lowest BCUT2D eigenvalue weighted by Crippen LogP contribution is -2.33. The van der Waals surface area contributed by atoms with E-state index in [1.807, 2.05) is 17.0 Å². The minimum atomic E-state index is 0.00596. The molecule has 0 aliphatic carbocycles.